The SMILES string of the molecule is Cc1cn([C@@H]2O[C@H](CO)[C@@H](O)[C@H]2F)c(=O)[nH]c1=O.Nc1ncnc2c1ncn2[C@@H]1O[C@H](CO)[C@@H](O)[C@@H]1O. The van der Waals surface area contributed by atoms with Crippen molar-refractivity contribution < 1.29 is 39.4 Å². The van der Waals surface area contributed by atoms with Gasteiger partial charge in [0.15, 0.2) is 30.1 Å². The molecule has 0 saturated carbocycles. The number of nitrogen functional groups attached to an aromatic ring is 1. The van der Waals surface area contributed by atoms with Gasteiger partial charge in [-0.1, -0.05) is 0 Å². The van der Waals surface area contributed by atoms with Crippen molar-refractivity contribution in [1.29, 1.82) is 0 Å². The Hall–Kier alpha value is -3.32. The molecule has 8 atom stereocenters. The summed E-state index contributed by atoms with van der Waals surface area (Å²) in [6.07, 6.45) is -6.09. The van der Waals surface area contributed by atoms with E-state index in [1.165, 1.54) is 24.1 Å². The predicted octanol–water partition coefficient (Wildman–Crippen LogP) is -3.55. The van der Waals surface area contributed by atoms with Gasteiger partial charge in [-0.3, -0.25) is 18.9 Å². The van der Waals surface area contributed by atoms with Gasteiger partial charge in [0.1, 0.15) is 42.4 Å². The van der Waals surface area contributed by atoms with Crippen LogP contribution in [0.15, 0.2) is 28.4 Å². The van der Waals surface area contributed by atoms with Gasteiger partial charge in [0.05, 0.1) is 19.5 Å². The van der Waals surface area contributed by atoms with Gasteiger partial charge < -0.3 is 40.7 Å². The number of aryl methyl sites for hydroxylation is 1. The molecular weight excluding hydrogens is 501 g/mol. The minimum atomic E-state index is -1.86. The van der Waals surface area contributed by atoms with Crippen LogP contribution < -0.4 is 17.0 Å². The highest BCUT2D eigenvalue weighted by Gasteiger charge is 2.45. The monoisotopic (exact) mass is 527 g/mol. The minimum absolute atomic E-state index is 0.215. The van der Waals surface area contributed by atoms with E-state index >= 15 is 0 Å². The first-order valence-electron chi connectivity index (χ1n) is 11.0. The second-order valence-electron chi connectivity index (χ2n) is 8.47. The Bertz CT molecular complexity index is 1360. The first-order valence-corrected chi connectivity index (χ1v) is 11.0. The Morgan fingerprint density at radius 3 is 2.27 bits per heavy atom. The normalized spacial score (nSPS) is 31.4. The summed E-state index contributed by atoms with van der Waals surface area (Å²) in [5, 5.41) is 47.1. The molecule has 0 aliphatic carbocycles. The average Bonchev–Trinajstić information content (AvgIpc) is 3.52. The van der Waals surface area contributed by atoms with Crippen molar-refractivity contribution in [3.8, 4) is 0 Å². The number of aromatic nitrogens is 6. The second kappa shape index (κ2) is 10.6. The Labute approximate surface area is 206 Å². The van der Waals surface area contributed by atoms with E-state index in [0.29, 0.717) is 11.2 Å². The highest BCUT2D eigenvalue weighted by molar-refractivity contribution is 5.81. The maximum Gasteiger partial charge on any atom is 0.330 e. The van der Waals surface area contributed by atoms with Crippen LogP contribution in [0, 0.1) is 6.92 Å². The molecule has 2 fully saturated rings. The lowest BCUT2D eigenvalue weighted by Gasteiger charge is -2.16. The third kappa shape index (κ3) is 4.85. The molecule has 5 rings (SSSR count). The zero-order valence-electron chi connectivity index (χ0n) is 19.3. The molecule has 0 aromatic carbocycles. The van der Waals surface area contributed by atoms with E-state index in [1.54, 1.807) is 0 Å². The molecule has 37 heavy (non-hydrogen) atoms. The lowest BCUT2D eigenvalue weighted by atomic mass is 10.1. The highest BCUT2D eigenvalue weighted by Crippen LogP contribution is 2.32. The molecule has 5 heterocycles. The maximum atomic E-state index is 13.8. The fourth-order valence-corrected chi connectivity index (χ4v) is 4.02. The van der Waals surface area contributed by atoms with E-state index in [1.807, 2.05) is 4.98 Å². The number of nitrogens with zero attached hydrogens (tertiary/aromatic N) is 5. The van der Waals surface area contributed by atoms with Gasteiger partial charge in [0.2, 0.25) is 0 Å². The first kappa shape index (κ1) is 26.7. The highest BCUT2D eigenvalue weighted by atomic mass is 19.1. The van der Waals surface area contributed by atoms with Gasteiger partial charge in [-0.05, 0) is 6.92 Å². The molecule has 2 aliphatic rings. The van der Waals surface area contributed by atoms with E-state index in [-0.39, 0.29) is 11.4 Å². The third-order valence-electron chi connectivity index (χ3n) is 6.07. The number of fused-ring (bicyclic) bond motifs is 1. The molecular formula is C20H26FN7O9. The number of aliphatic hydroxyl groups excluding tert-OH is 5. The number of hydrogen-bond acceptors (Lipinski definition) is 13. The number of aliphatic hydroxyl groups is 5. The molecule has 0 amide bonds. The summed E-state index contributed by atoms with van der Waals surface area (Å²) in [6.45, 7) is 0.505. The van der Waals surface area contributed by atoms with Gasteiger partial charge in [-0.15, -0.1) is 0 Å². The van der Waals surface area contributed by atoms with Gasteiger partial charge >= 0.3 is 5.69 Å². The van der Waals surface area contributed by atoms with Gasteiger partial charge in [-0.2, -0.15) is 0 Å². The van der Waals surface area contributed by atoms with Crippen molar-refractivity contribution in [3.05, 3.63) is 45.3 Å². The van der Waals surface area contributed by atoms with Crippen molar-refractivity contribution >= 4 is 17.0 Å². The average molecular weight is 527 g/mol. The number of rotatable bonds is 4. The molecule has 0 unspecified atom stereocenters. The Kier molecular flexibility index (Phi) is 7.64. The summed E-state index contributed by atoms with van der Waals surface area (Å²) in [7, 11) is 0. The number of nitrogens with two attached hydrogens (primary N) is 1. The molecule has 3 aromatic heterocycles. The molecule has 0 radical (unpaired) electrons. The topological polar surface area (TPSA) is 244 Å². The number of nitrogens with one attached hydrogen (secondary N) is 1. The van der Waals surface area contributed by atoms with Crippen LogP contribution in [0.3, 0.4) is 0 Å². The molecule has 8 N–H and O–H groups in total. The molecule has 17 heteroatoms. The number of ether oxygens (including phenoxy) is 2. The van der Waals surface area contributed by atoms with Crippen molar-refractivity contribution in [3.63, 3.8) is 0 Å². The molecule has 0 spiro atoms. The summed E-state index contributed by atoms with van der Waals surface area (Å²) >= 11 is 0. The van der Waals surface area contributed by atoms with Crippen LogP contribution in [0.2, 0.25) is 0 Å². The van der Waals surface area contributed by atoms with Crippen LogP contribution in [-0.2, 0) is 9.47 Å². The number of H-pyrrole nitrogens is 1. The smallest absolute Gasteiger partial charge is 0.330 e. The lowest BCUT2D eigenvalue weighted by Crippen LogP contribution is -2.36. The maximum absolute atomic E-state index is 13.8. The second-order valence-corrected chi connectivity index (χ2v) is 8.47. The number of halogens is 1. The first-order chi connectivity index (χ1) is 17.6. The van der Waals surface area contributed by atoms with Crippen molar-refractivity contribution in [2.75, 3.05) is 18.9 Å². The van der Waals surface area contributed by atoms with Crippen LogP contribution in [0.4, 0.5) is 10.2 Å². The molecule has 0 bridgehead atoms. The van der Waals surface area contributed by atoms with E-state index < -0.39 is 73.6 Å². The van der Waals surface area contributed by atoms with Crippen molar-refractivity contribution in [2.24, 2.45) is 0 Å². The zero-order chi connectivity index (χ0) is 27.0. The van der Waals surface area contributed by atoms with Crippen LogP contribution in [0.5, 0.6) is 0 Å². The largest absolute Gasteiger partial charge is 0.394 e. The van der Waals surface area contributed by atoms with E-state index in [9.17, 15) is 29.3 Å². The number of aromatic amines is 1. The third-order valence-corrected chi connectivity index (χ3v) is 6.07. The van der Waals surface area contributed by atoms with E-state index in [2.05, 4.69) is 15.0 Å². The fourth-order valence-electron chi connectivity index (χ4n) is 4.02. The zero-order valence-corrected chi connectivity index (χ0v) is 19.3. The number of imidazole rings is 1. The predicted molar refractivity (Wildman–Crippen MR) is 121 cm³/mol. The number of anilines is 1. The van der Waals surface area contributed by atoms with Crippen LogP contribution in [0.25, 0.3) is 11.2 Å². The van der Waals surface area contributed by atoms with Crippen LogP contribution >= 0.6 is 0 Å². The summed E-state index contributed by atoms with van der Waals surface area (Å²) < 4.78 is 26.6. The van der Waals surface area contributed by atoms with E-state index in [4.69, 9.17) is 25.4 Å². The van der Waals surface area contributed by atoms with Gasteiger partial charge in [0.25, 0.3) is 5.56 Å². The minimum Gasteiger partial charge on any atom is -0.394 e. The van der Waals surface area contributed by atoms with Gasteiger partial charge in [0, 0.05) is 11.8 Å². The fraction of sp³-hybridized carbons (Fsp3) is 0.550. The van der Waals surface area contributed by atoms with Crippen LogP contribution in [-0.4, -0.2) is 105 Å². The molecule has 2 aliphatic heterocycles. The van der Waals surface area contributed by atoms with Crippen LogP contribution in [0.1, 0.15) is 18.0 Å². The van der Waals surface area contributed by atoms with Crippen molar-refractivity contribution in [2.45, 2.75) is 56.1 Å². The molecule has 2 saturated heterocycles. The number of hydrogen-bond donors (Lipinski definition) is 7. The van der Waals surface area contributed by atoms with Gasteiger partial charge in [-0.25, -0.2) is 24.1 Å². The Morgan fingerprint density at radius 2 is 1.65 bits per heavy atom. The molecule has 3 aromatic rings. The molecule has 16 nitrogen and oxygen atoms in total. The standard InChI is InChI=1S/C10H13FN2O5.C10H13N5O4/c1-4-2-13(10(17)12-8(4)16)9-6(11)7(15)5(3-14)18-9;11-8-5-9(13-2-12-8)15(3-14-5)10-7(18)6(17)4(1-16)19-10/h2,5-7,9,14-15H,3H2,1H3,(H,12,16,17);2-4,6-7,10,16-18H,1H2,(H2,11,12,13)/t5-,6-,7-,9-;4-,6-,7+,10-/m11/s1. The summed E-state index contributed by atoms with van der Waals surface area (Å²) in [4.78, 5) is 36.6. The summed E-state index contributed by atoms with van der Waals surface area (Å²) in [6, 6.07) is 0. The van der Waals surface area contributed by atoms with E-state index in [0.717, 1.165) is 10.8 Å². The number of alkyl halides is 1. The Morgan fingerprint density at radius 1 is 1.00 bits per heavy atom. The quantitative estimate of drug-likeness (QED) is 0.174. The summed E-state index contributed by atoms with van der Waals surface area (Å²) in [5.74, 6) is 0.218. The summed E-state index contributed by atoms with van der Waals surface area (Å²) in [5.41, 5.74) is 5.26. The molecule has 202 valence electrons. The van der Waals surface area contributed by atoms with Crippen molar-refractivity contribution in [1.82, 2.24) is 29.1 Å². The lowest BCUT2D eigenvalue weighted by molar-refractivity contribution is -0.0511. The Balaban J connectivity index is 0.000000173.